The van der Waals surface area contributed by atoms with E-state index in [1.807, 2.05) is 25.1 Å². The number of anilines is 1. The quantitative estimate of drug-likeness (QED) is 0.840. The maximum atomic E-state index is 12.5. The lowest BCUT2D eigenvalue weighted by atomic mass is 10.1. The highest BCUT2D eigenvalue weighted by Crippen LogP contribution is 2.22. The number of aromatic amines is 1. The van der Waals surface area contributed by atoms with Gasteiger partial charge in [-0.3, -0.25) is 14.7 Å². The molecule has 2 aromatic rings. The number of aromatic nitrogens is 3. The van der Waals surface area contributed by atoms with Crippen LogP contribution in [0.5, 0.6) is 0 Å². The van der Waals surface area contributed by atoms with Crippen molar-refractivity contribution in [3.8, 4) is 11.4 Å². The topological polar surface area (TPSA) is 91.0 Å². The number of hydrogen-bond donors (Lipinski definition) is 2. The number of likely N-dealkylation sites (tertiary alicyclic amines) is 1. The Morgan fingerprint density at radius 3 is 3.00 bits per heavy atom. The van der Waals surface area contributed by atoms with E-state index in [4.69, 9.17) is 0 Å². The van der Waals surface area contributed by atoms with E-state index >= 15 is 0 Å². The van der Waals surface area contributed by atoms with E-state index in [9.17, 15) is 9.59 Å². The van der Waals surface area contributed by atoms with Crippen LogP contribution >= 0.6 is 0 Å². The van der Waals surface area contributed by atoms with Gasteiger partial charge in [0.1, 0.15) is 11.9 Å². The largest absolute Gasteiger partial charge is 0.327 e. The zero-order valence-corrected chi connectivity index (χ0v) is 13.5. The Kier molecular flexibility index (Phi) is 4.41. The average molecular weight is 325 g/mol. The molecule has 0 bridgehead atoms. The molecule has 0 radical (unpaired) electrons. The zero-order valence-electron chi connectivity index (χ0n) is 13.5. The number of aryl methyl sites for hydroxylation is 1. The Bertz CT molecular complexity index is 783. The highest BCUT2D eigenvalue weighted by Gasteiger charge is 2.32. The Morgan fingerprint density at radius 2 is 2.29 bits per heavy atom. The number of amides is 2. The van der Waals surface area contributed by atoms with Crippen LogP contribution in [-0.2, 0) is 9.59 Å². The third-order valence-corrected chi connectivity index (χ3v) is 4.00. The lowest BCUT2D eigenvalue weighted by molar-refractivity contribution is -0.132. The lowest BCUT2D eigenvalue weighted by Gasteiger charge is -2.22. The molecule has 1 aromatic carbocycles. The molecule has 1 aliphatic rings. The first-order valence-electron chi connectivity index (χ1n) is 7.82. The van der Waals surface area contributed by atoms with Crippen LogP contribution in [0.3, 0.4) is 0 Å². The number of rotatable bonds is 4. The van der Waals surface area contributed by atoms with E-state index < -0.39 is 6.04 Å². The number of nitrogens with one attached hydrogen (secondary N) is 2. The molecule has 1 saturated heterocycles. The van der Waals surface area contributed by atoms with Crippen molar-refractivity contribution in [1.29, 1.82) is 0 Å². The Labute approximate surface area is 139 Å². The van der Waals surface area contributed by atoms with Crippen molar-refractivity contribution in [3.05, 3.63) is 42.7 Å². The summed E-state index contributed by atoms with van der Waals surface area (Å²) in [6.45, 7) is 5.90. The normalized spacial score (nSPS) is 16.9. The molecule has 1 unspecified atom stereocenters. The average Bonchev–Trinajstić information content (AvgIpc) is 3.23. The standard InChI is InChI=1S/C17H19N5O2/c1-3-15(23)22-9-5-8-14(22)17(24)19-13-7-4-6-12(10-13)16-18-11(2)20-21-16/h3-4,6-7,10,14H,1,5,8-9H2,2H3,(H,19,24)(H,18,20,21). The molecule has 124 valence electrons. The van der Waals surface area contributed by atoms with E-state index in [1.165, 1.54) is 6.08 Å². The molecular formula is C17H19N5O2. The summed E-state index contributed by atoms with van der Waals surface area (Å²) in [6, 6.07) is 6.87. The minimum absolute atomic E-state index is 0.189. The second kappa shape index (κ2) is 6.66. The van der Waals surface area contributed by atoms with Crippen LogP contribution in [0.1, 0.15) is 18.7 Å². The van der Waals surface area contributed by atoms with Crippen molar-refractivity contribution in [3.63, 3.8) is 0 Å². The molecule has 3 rings (SSSR count). The van der Waals surface area contributed by atoms with Crippen molar-refractivity contribution in [1.82, 2.24) is 20.1 Å². The summed E-state index contributed by atoms with van der Waals surface area (Å²) in [5.41, 5.74) is 1.46. The van der Waals surface area contributed by atoms with Gasteiger partial charge < -0.3 is 10.2 Å². The molecule has 2 amide bonds. The van der Waals surface area contributed by atoms with Crippen molar-refractivity contribution in [2.75, 3.05) is 11.9 Å². The van der Waals surface area contributed by atoms with Crippen molar-refractivity contribution >= 4 is 17.5 Å². The molecule has 1 atom stereocenters. The molecule has 1 aliphatic heterocycles. The number of carbonyl (C=O) groups excluding carboxylic acids is 2. The summed E-state index contributed by atoms with van der Waals surface area (Å²) >= 11 is 0. The fourth-order valence-electron chi connectivity index (χ4n) is 2.85. The van der Waals surface area contributed by atoms with E-state index in [-0.39, 0.29) is 11.8 Å². The number of carbonyl (C=O) groups is 2. The summed E-state index contributed by atoms with van der Waals surface area (Å²) in [7, 11) is 0. The van der Waals surface area contributed by atoms with Crippen LogP contribution in [0.4, 0.5) is 5.69 Å². The number of H-pyrrole nitrogens is 1. The second-order valence-electron chi connectivity index (χ2n) is 5.71. The Hall–Kier alpha value is -2.96. The molecule has 0 aliphatic carbocycles. The highest BCUT2D eigenvalue weighted by molar-refractivity contribution is 5.99. The molecule has 0 spiro atoms. The van der Waals surface area contributed by atoms with Gasteiger partial charge in [0.05, 0.1) is 0 Å². The first kappa shape index (κ1) is 15.9. The molecule has 0 saturated carbocycles. The van der Waals surface area contributed by atoms with Gasteiger partial charge in [0, 0.05) is 17.8 Å². The van der Waals surface area contributed by atoms with Gasteiger partial charge in [0.15, 0.2) is 5.82 Å². The summed E-state index contributed by atoms with van der Waals surface area (Å²) in [4.78, 5) is 30.2. The van der Waals surface area contributed by atoms with E-state index in [1.54, 1.807) is 11.0 Å². The van der Waals surface area contributed by atoms with Crippen LogP contribution < -0.4 is 5.32 Å². The van der Waals surface area contributed by atoms with Gasteiger partial charge in [-0.05, 0) is 38.0 Å². The minimum Gasteiger partial charge on any atom is -0.327 e. The maximum absolute atomic E-state index is 12.5. The third kappa shape index (κ3) is 3.19. The molecule has 2 heterocycles. The van der Waals surface area contributed by atoms with Gasteiger partial charge in [0.2, 0.25) is 11.8 Å². The smallest absolute Gasteiger partial charge is 0.247 e. The van der Waals surface area contributed by atoms with Gasteiger partial charge in [-0.25, -0.2) is 4.98 Å². The van der Waals surface area contributed by atoms with Crippen molar-refractivity contribution in [2.24, 2.45) is 0 Å². The number of hydrogen-bond acceptors (Lipinski definition) is 4. The van der Waals surface area contributed by atoms with Gasteiger partial charge >= 0.3 is 0 Å². The van der Waals surface area contributed by atoms with Gasteiger partial charge in [-0.15, -0.1) is 0 Å². The fraction of sp³-hybridized carbons (Fsp3) is 0.294. The van der Waals surface area contributed by atoms with Gasteiger partial charge in [0.25, 0.3) is 0 Å². The zero-order chi connectivity index (χ0) is 17.1. The van der Waals surface area contributed by atoms with E-state index in [0.29, 0.717) is 24.5 Å². The predicted octanol–water partition coefficient (Wildman–Crippen LogP) is 1.90. The summed E-state index contributed by atoms with van der Waals surface area (Å²) < 4.78 is 0. The van der Waals surface area contributed by atoms with Crippen molar-refractivity contribution < 1.29 is 9.59 Å². The lowest BCUT2D eigenvalue weighted by Crippen LogP contribution is -2.42. The molecule has 7 heteroatoms. The molecule has 2 N–H and O–H groups in total. The Morgan fingerprint density at radius 1 is 1.46 bits per heavy atom. The van der Waals surface area contributed by atoms with Crippen LogP contribution in [0.25, 0.3) is 11.4 Å². The van der Waals surface area contributed by atoms with Crippen LogP contribution in [0.15, 0.2) is 36.9 Å². The van der Waals surface area contributed by atoms with Gasteiger partial charge in [-0.2, -0.15) is 5.10 Å². The van der Waals surface area contributed by atoms with Gasteiger partial charge in [-0.1, -0.05) is 18.7 Å². The Balaban J connectivity index is 1.75. The molecule has 24 heavy (non-hydrogen) atoms. The van der Waals surface area contributed by atoms with Crippen LogP contribution in [-0.4, -0.2) is 44.5 Å². The maximum Gasteiger partial charge on any atom is 0.247 e. The molecule has 1 aromatic heterocycles. The highest BCUT2D eigenvalue weighted by atomic mass is 16.2. The SMILES string of the molecule is C=CC(=O)N1CCCC1C(=O)Nc1cccc(-c2n[nH]c(C)n2)c1. The summed E-state index contributed by atoms with van der Waals surface area (Å²) in [5.74, 6) is 0.903. The molecule has 1 fully saturated rings. The summed E-state index contributed by atoms with van der Waals surface area (Å²) in [6.07, 6.45) is 2.72. The minimum atomic E-state index is -0.454. The van der Waals surface area contributed by atoms with Crippen molar-refractivity contribution in [2.45, 2.75) is 25.8 Å². The number of nitrogens with zero attached hydrogens (tertiary/aromatic N) is 3. The van der Waals surface area contributed by atoms with E-state index in [0.717, 1.165) is 17.8 Å². The summed E-state index contributed by atoms with van der Waals surface area (Å²) in [5, 5.41) is 9.79. The number of benzene rings is 1. The fourth-order valence-corrected chi connectivity index (χ4v) is 2.85. The van der Waals surface area contributed by atoms with E-state index in [2.05, 4.69) is 27.1 Å². The monoisotopic (exact) mass is 325 g/mol. The second-order valence-corrected chi connectivity index (χ2v) is 5.71. The first-order valence-corrected chi connectivity index (χ1v) is 7.82. The van der Waals surface area contributed by atoms with Crippen LogP contribution in [0, 0.1) is 6.92 Å². The third-order valence-electron chi connectivity index (χ3n) is 4.00. The first-order chi connectivity index (χ1) is 11.6. The molecular weight excluding hydrogens is 306 g/mol. The molecule has 7 nitrogen and oxygen atoms in total. The predicted molar refractivity (Wildman–Crippen MR) is 90.1 cm³/mol. The van der Waals surface area contributed by atoms with Crippen LogP contribution in [0.2, 0.25) is 0 Å².